The molecule has 0 heterocycles. The molecule has 1 atom stereocenters. The van der Waals surface area contributed by atoms with E-state index < -0.39 is 0 Å². The fourth-order valence-electron chi connectivity index (χ4n) is 2.14. The molecule has 1 aliphatic rings. The van der Waals surface area contributed by atoms with Crippen LogP contribution in [-0.4, -0.2) is 0 Å². The molecular weight excluding hydrogens is 168 g/mol. The van der Waals surface area contributed by atoms with Gasteiger partial charge in [0.05, 0.1) is 0 Å². The van der Waals surface area contributed by atoms with E-state index in [9.17, 15) is 0 Å². The molecule has 14 heavy (non-hydrogen) atoms. The second kappa shape index (κ2) is 5.38. The molecule has 0 saturated heterocycles. The van der Waals surface area contributed by atoms with Crippen molar-refractivity contribution in [1.29, 1.82) is 0 Å². The van der Waals surface area contributed by atoms with Crippen molar-refractivity contribution in [3.63, 3.8) is 0 Å². The van der Waals surface area contributed by atoms with E-state index >= 15 is 0 Å². The highest BCUT2D eigenvalue weighted by Gasteiger charge is 2.19. The van der Waals surface area contributed by atoms with Crippen molar-refractivity contribution in [2.24, 2.45) is 5.41 Å². The van der Waals surface area contributed by atoms with Crippen LogP contribution in [0.4, 0.5) is 0 Å². The van der Waals surface area contributed by atoms with Gasteiger partial charge in [0.2, 0.25) is 0 Å². The smallest absolute Gasteiger partial charge is 0.0136 e. The van der Waals surface area contributed by atoms with Crippen LogP contribution in [0.1, 0.15) is 59.3 Å². The Hall–Kier alpha value is -0.520. The average molecular weight is 192 g/mol. The molecule has 80 valence electrons. The van der Waals surface area contributed by atoms with Crippen molar-refractivity contribution in [1.82, 2.24) is 0 Å². The van der Waals surface area contributed by atoms with Gasteiger partial charge in [-0.25, -0.2) is 0 Å². The van der Waals surface area contributed by atoms with Crippen LogP contribution in [0, 0.1) is 5.41 Å². The predicted octanol–water partition coefficient (Wildman–Crippen LogP) is 4.87. The largest absolute Gasteiger partial charge is 0.0842 e. The first-order valence-electron chi connectivity index (χ1n) is 6.03. The highest BCUT2D eigenvalue weighted by molar-refractivity contribution is 5.18. The molecule has 0 nitrogen and oxygen atoms in total. The van der Waals surface area contributed by atoms with Crippen molar-refractivity contribution in [2.75, 3.05) is 0 Å². The summed E-state index contributed by atoms with van der Waals surface area (Å²) in [7, 11) is 0. The van der Waals surface area contributed by atoms with Crippen LogP contribution in [0.5, 0.6) is 0 Å². The quantitative estimate of drug-likeness (QED) is 0.545. The minimum atomic E-state index is 0.546. The Balaban J connectivity index is 2.43. The lowest BCUT2D eigenvalue weighted by Gasteiger charge is -2.26. The number of hydrogen-bond acceptors (Lipinski definition) is 0. The third-order valence-electron chi connectivity index (χ3n) is 3.52. The van der Waals surface area contributed by atoms with Gasteiger partial charge in [0, 0.05) is 0 Å². The lowest BCUT2D eigenvalue weighted by Crippen LogP contribution is -2.13. The predicted molar refractivity (Wildman–Crippen MR) is 64.4 cm³/mol. The third kappa shape index (κ3) is 3.32. The van der Waals surface area contributed by atoms with E-state index in [1.165, 1.54) is 38.5 Å². The SMILES string of the molecule is CCCC(C)(CC)CC=C1CC=CC1. The van der Waals surface area contributed by atoms with Crippen molar-refractivity contribution < 1.29 is 0 Å². The van der Waals surface area contributed by atoms with Gasteiger partial charge < -0.3 is 0 Å². The summed E-state index contributed by atoms with van der Waals surface area (Å²) in [6, 6.07) is 0. The van der Waals surface area contributed by atoms with Crippen LogP contribution in [-0.2, 0) is 0 Å². The second-order valence-corrected chi connectivity index (χ2v) is 4.86. The fraction of sp³-hybridized carbons (Fsp3) is 0.714. The fourth-order valence-corrected chi connectivity index (χ4v) is 2.14. The molecule has 0 heteroatoms. The van der Waals surface area contributed by atoms with Gasteiger partial charge in [-0.3, -0.25) is 0 Å². The van der Waals surface area contributed by atoms with Crippen LogP contribution in [0.25, 0.3) is 0 Å². The molecule has 0 aromatic carbocycles. The number of hydrogen-bond donors (Lipinski definition) is 0. The zero-order chi connectivity index (χ0) is 10.4. The standard InChI is InChI=1S/C14H24/c1-4-11-14(3,5-2)12-10-13-8-6-7-9-13/h6-7,10H,4-5,8-9,11-12H2,1-3H3. The summed E-state index contributed by atoms with van der Waals surface area (Å²) >= 11 is 0. The molecule has 0 bridgehead atoms. The summed E-state index contributed by atoms with van der Waals surface area (Å²) < 4.78 is 0. The summed E-state index contributed by atoms with van der Waals surface area (Å²) in [5, 5.41) is 0. The lowest BCUT2D eigenvalue weighted by molar-refractivity contribution is 0.284. The van der Waals surface area contributed by atoms with Crippen LogP contribution in [0.3, 0.4) is 0 Å². The highest BCUT2D eigenvalue weighted by atomic mass is 14.2. The lowest BCUT2D eigenvalue weighted by atomic mass is 9.79. The average Bonchev–Trinajstić information content (AvgIpc) is 2.68. The Labute approximate surface area is 89.1 Å². The molecule has 1 aliphatic carbocycles. The third-order valence-corrected chi connectivity index (χ3v) is 3.52. The summed E-state index contributed by atoms with van der Waals surface area (Å²) in [5.41, 5.74) is 2.17. The Morgan fingerprint density at radius 3 is 2.43 bits per heavy atom. The Morgan fingerprint density at radius 1 is 1.29 bits per heavy atom. The van der Waals surface area contributed by atoms with Gasteiger partial charge in [-0.05, 0) is 31.1 Å². The number of allylic oxidation sites excluding steroid dienone is 4. The van der Waals surface area contributed by atoms with Crippen molar-refractivity contribution >= 4 is 0 Å². The summed E-state index contributed by atoms with van der Waals surface area (Å²) in [4.78, 5) is 0. The maximum absolute atomic E-state index is 2.49. The molecule has 0 saturated carbocycles. The van der Waals surface area contributed by atoms with E-state index in [1.807, 2.05) is 0 Å². The van der Waals surface area contributed by atoms with Gasteiger partial charge in [0.1, 0.15) is 0 Å². The van der Waals surface area contributed by atoms with Crippen LogP contribution >= 0.6 is 0 Å². The Bertz CT molecular complexity index is 212. The summed E-state index contributed by atoms with van der Waals surface area (Å²) in [6.07, 6.45) is 14.7. The van der Waals surface area contributed by atoms with Gasteiger partial charge in [0.25, 0.3) is 0 Å². The molecule has 0 spiro atoms. The van der Waals surface area contributed by atoms with Gasteiger partial charge in [-0.2, -0.15) is 0 Å². The molecule has 0 amide bonds. The molecule has 0 radical (unpaired) electrons. The van der Waals surface area contributed by atoms with Crippen LogP contribution in [0.15, 0.2) is 23.8 Å². The molecule has 0 N–H and O–H groups in total. The van der Waals surface area contributed by atoms with Gasteiger partial charge in [-0.1, -0.05) is 57.4 Å². The molecule has 0 aromatic heterocycles. The van der Waals surface area contributed by atoms with Crippen molar-refractivity contribution in [3.05, 3.63) is 23.8 Å². The first-order chi connectivity index (χ1) is 6.70. The van der Waals surface area contributed by atoms with E-state index in [1.54, 1.807) is 5.57 Å². The van der Waals surface area contributed by atoms with Crippen LogP contribution < -0.4 is 0 Å². The maximum atomic E-state index is 2.49. The summed E-state index contributed by atoms with van der Waals surface area (Å²) in [6.45, 7) is 7.04. The van der Waals surface area contributed by atoms with E-state index in [0.29, 0.717) is 5.41 Å². The van der Waals surface area contributed by atoms with Gasteiger partial charge in [-0.15, -0.1) is 0 Å². The first kappa shape index (κ1) is 11.6. The maximum Gasteiger partial charge on any atom is -0.0136 e. The Kier molecular flexibility index (Phi) is 4.44. The monoisotopic (exact) mass is 192 g/mol. The molecule has 1 rings (SSSR count). The van der Waals surface area contributed by atoms with Crippen molar-refractivity contribution in [3.8, 4) is 0 Å². The van der Waals surface area contributed by atoms with E-state index in [-0.39, 0.29) is 0 Å². The molecule has 0 aromatic rings. The minimum Gasteiger partial charge on any atom is -0.0842 e. The Morgan fingerprint density at radius 2 is 1.93 bits per heavy atom. The first-order valence-corrected chi connectivity index (χ1v) is 6.03. The summed E-state index contributed by atoms with van der Waals surface area (Å²) in [5.74, 6) is 0. The minimum absolute atomic E-state index is 0.546. The topological polar surface area (TPSA) is 0 Å². The van der Waals surface area contributed by atoms with E-state index in [4.69, 9.17) is 0 Å². The van der Waals surface area contributed by atoms with Crippen molar-refractivity contribution in [2.45, 2.75) is 59.3 Å². The zero-order valence-corrected chi connectivity index (χ0v) is 9.97. The molecule has 0 fully saturated rings. The molecule has 0 aliphatic heterocycles. The highest BCUT2D eigenvalue weighted by Crippen LogP contribution is 2.33. The normalized spacial score (nSPS) is 19.8. The zero-order valence-electron chi connectivity index (χ0n) is 9.97. The number of rotatable bonds is 5. The molecular formula is C14H24. The van der Waals surface area contributed by atoms with E-state index in [0.717, 1.165) is 0 Å². The van der Waals surface area contributed by atoms with Gasteiger partial charge >= 0.3 is 0 Å². The van der Waals surface area contributed by atoms with Crippen LogP contribution in [0.2, 0.25) is 0 Å². The second-order valence-electron chi connectivity index (χ2n) is 4.86. The molecule has 1 unspecified atom stereocenters. The van der Waals surface area contributed by atoms with E-state index in [2.05, 4.69) is 39.0 Å². The van der Waals surface area contributed by atoms with Gasteiger partial charge in [0.15, 0.2) is 0 Å².